The summed E-state index contributed by atoms with van der Waals surface area (Å²) in [6.07, 6.45) is -4.07. The minimum atomic E-state index is -4.43. The van der Waals surface area contributed by atoms with Crippen LogP contribution in [0.25, 0.3) is 0 Å². The van der Waals surface area contributed by atoms with Gasteiger partial charge in [0.25, 0.3) is 0 Å². The number of urea groups is 1. The second kappa shape index (κ2) is 7.71. The molecule has 0 radical (unpaired) electrons. The third kappa shape index (κ3) is 4.67. The highest BCUT2D eigenvalue weighted by molar-refractivity contribution is 6.06. The van der Waals surface area contributed by atoms with Crippen molar-refractivity contribution in [1.29, 1.82) is 0 Å². The van der Waals surface area contributed by atoms with Gasteiger partial charge in [-0.05, 0) is 42.0 Å². The maximum atomic E-state index is 12.6. The standard InChI is InChI=1S/C19H17F3N4O2/c1-11-10-16(27)25-26-17(11)12-2-6-14(7-3-12)23-18(28)24-15-8-4-13(5-9-15)19(20,21)22/h2-9,11H,10H2,1H3,(H,25,27)(H2,23,24,28)/t11-/m1/s1. The highest BCUT2D eigenvalue weighted by Gasteiger charge is 2.30. The van der Waals surface area contributed by atoms with Crippen molar-refractivity contribution in [3.8, 4) is 0 Å². The molecular formula is C19H17F3N4O2. The molecule has 1 aliphatic rings. The molecule has 2 aromatic rings. The highest BCUT2D eigenvalue weighted by Crippen LogP contribution is 2.29. The van der Waals surface area contributed by atoms with Gasteiger partial charge in [0, 0.05) is 23.7 Å². The van der Waals surface area contributed by atoms with Crippen molar-refractivity contribution < 1.29 is 22.8 Å². The quantitative estimate of drug-likeness (QED) is 0.734. The van der Waals surface area contributed by atoms with Crippen LogP contribution in [0.2, 0.25) is 0 Å². The van der Waals surface area contributed by atoms with E-state index >= 15 is 0 Å². The van der Waals surface area contributed by atoms with Crippen LogP contribution in [0.1, 0.15) is 24.5 Å². The van der Waals surface area contributed by atoms with Crippen molar-refractivity contribution in [2.75, 3.05) is 10.6 Å². The van der Waals surface area contributed by atoms with Crippen molar-refractivity contribution >= 4 is 29.0 Å². The molecule has 1 aliphatic heterocycles. The Morgan fingerprint density at radius 1 is 1.04 bits per heavy atom. The van der Waals surface area contributed by atoms with Gasteiger partial charge in [0.1, 0.15) is 0 Å². The number of anilines is 2. The number of rotatable bonds is 3. The molecule has 0 saturated heterocycles. The average molecular weight is 390 g/mol. The molecule has 0 aromatic heterocycles. The minimum absolute atomic E-state index is 0.0180. The second-order valence-electron chi connectivity index (χ2n) is 6.37. The SMILES string of the molecule is C[C@@H]1CC(=O)NN=C1c1ccc(NC(=O)Nc2ccc(C(F)(F)F)cc2)cc1. The van der Waals surface area contributed by atoms with Gasteiger partial charge < -0.3 is 10.6 Å². The van der Waals surface area contributed by atoms with E-state index in [4.69, 9.17) is 0 Å². The Labute approximate surface area is 158 Å². The number of hydrogen-bond donors (Lipinski definition) is 3. The zero-order valence-corrected chi connectivity index (χ0v) is 14.8. The molecule has 2 aromatic carbocycles. The van der Waals surface area contributed by atoms with Gasteiger partial charge in [0.2, 0.25) is 5.91 Å². The number of carbonyl (C=O) groups is 2. The molecule has 0 saturated carbocycles. The fourth-order valence-corrected chi connectivity index (χ4v) is 2.76. The first-order valence-corrected chi connectivity index (χ1v) is 8.44. The van der Waals surface area contributed by atoms with Crippen LogP contribution in [0, 0.1) is 5.92 Å². The number of benzene rings is 2. The summed E-state index contributed by atoms with van der Waals surface area (Å²) in [6.45, 7) is 1.90. The Morgan fingerprint density at radius 2 is 1.57 bits per heavy atom. The molecule has 9 heteroatoms. The lowest BCUT2D eigenvalue weighted by molar-refractivity contribution is -0.137. The van der Waals surface area contributed by atoms with E-state index < -0.39 is 17.8 Å². The number of hydrogen-bond acceptors (Lipinski definition) is 3. The lowest BCUT2D eigenvalue weighted by atomic mass is 9.94. The Kier molecular flexibility index (Phi) is 5.34. The van der Waals surface area contributed by atoms with E-state index in [0.29, 0.717) is 12.1 Å². The summed E-state index contributed by atoms with van der Waals surface area (Å²) in [4.78, 5) is 23.3. The molecule has 0 aliphatic carbocycles. The van der Waals surface area contributed by atoms with Gasteiger partial charge in [0.05, 0.1) is 11.3 Å². The summed E-state index contributed by atoms with van der Waals surface area (Å²) in [7, 11) is 0. The Bertz CT molecular complexity index is 906. The lowest BCUT2D eigenvalue weighted by Crippen LogP contribution is -2.31. The lowest BCUT2D eigenvalue weighted by Gasteiger charge is -2.19. The number of amides is 3. The molecule has 3 rings (SSSR count). The predicted octanol–water partition coefficient (Wildman–Crippen LogP) is 4.21. The molecule has 1 heterocycles. The van der Waals surface area contributed by atoms with E-state index in [0.717, 1.165) is 23.4 Å². The third-order valence-corrected chi connectivity index (χ3v) is 4.17. The molecule has 146 valence electrons. The molecule has 0 fully saturated rings. The van der Waals surface area contributed by atoms with Gasteiger partial charge in [-0.2, -0.15) is 18.3 Å². The van der Waals surface area contributed by atoms with Crippen LogP contribution < -0.4 is 16.1 Å². The summed E-state index contributed by atoms with van der Waals surface area (Å²) in [5.41, 5.74) is 3.97. The van der Waals surface area contributed by atoms with Gasteiger partial charge in [-0.15, -0.1) is 0 Å². The molecule has 6 nitrogen and oxygen atoms in total. The van der Waals surface area contributed by atoms with E-state index in [2.05, 4.69) is 21.2 Å². The Balaban J connectivity index is 1.61. The van der Waals surface area contributed by atoms with Crippen LogP contribution in [0.5, 0.6) is 0 Å². The third-order valence-electron chi connectivity index (χ3n) is 4.17. The fraction of sp³-hybridized carbons (Fsp3) is 0.211. The van der Waals surface area contributed by atoms with E-state index in [1.165, 1.54) is 12.1 Å². The smallest absolute Gasteiger partial charge is 0.308 e. The summed E-state index contributed by atoms with van der Waals surface area (Å²) < 4.78 is 37.7. The molecule has 3 amide bonds. The maximum absolute atomic E-state index is 12.6. The number of hydrazone groups is 1. The van der Waals surface area contributed by atoms with E-state index in [1.54, 1.807) is 24.3 Å². The summed E-state index contributed by atoms with van der Waals surface area (Å²) in [5.74, 6) is -0.148. The van der Waals surface area contributed by atoms with Gasteiger partial charge in [-0.1, -0.05) is 19.1 Å². The Hall–Kier alpha value is -3.36. The molecule has 0 spiro atoms. The van der Waals surface area contributed by atoms with Crippen molar-refractivity contribution in [2.24, 2.45) is 11.0 Å². The monoisotopic (exact) mass is 390 g/mol. The Morgan fingerprint density at radius 3 is 2.07 bits per heavy atom. The molecule has 0 bridgehead atoms. The molecule has 28 heavy (non-hydrogen) atoms. The van der Waals surface area contributed by atoms with Gasteiger partial charge in [-0.25, -0.2) is 10.2 Å². The van der Waals surface area contributed by atoms with Crippen LogP contribution in [-0.4, -0.2) is 17.6 Å². The predicted molar refractivity (Wildman–Crippen MR) is 99.0 cm³/mol. The molecular weight excluding hydrogens is 373 g/mol. The van der Waals surface area contributed by atoms with Crippen molar-refractivity contribution in [3.63, 3.8) is 0 Å². The first-order chi connectivity index (χ1) is 13.2. The number of carbonyl (C=O) groups excluding carboxylic acids is 2. The summed E-state index contributed by atoms with van der Waals surface area (Å²) in [5, 5.41) is 9.14. The number of alkyl halides is 3. The molecule has 3 N–H and O–H groups in total. The van der Waals surface area contributed by atoms with Crippen molar-refractivity contribution in [2.45, 2.75) is 19.5 Å². The van der Waals surface area contributed by atoms with Crippen LogP contribution in [0.4, 0.5) is 29.3 Å². The first kappa shape index (κ1) is 19.4. The highest BCUT2D eigenvalue weighted by atomic mass is 19.4. The molecule has 1 atom stereocenters. The summed E-state index contributed by atoms with van der Waals surface area (Å²) >= 11 is 0. The van der Waals surface area contributed by atoms with Crippen LogP contribution in [0.15, 0.2) is 53.6 Å². The van der Waals surface area contributed by atoms with E-state index in [9.17, 15) is 22.8 Å². The van der Waals surface area contributed by atoms with Crippen LogP contribution in [-0.2, 0) is 11.0 Å². The zero-order chi connectivity index (χ0) is 20.3. The fourth-order valence-electron chi connectivity index (χ4n) is 2.76. The second-order valence-corrected chi connectivity index (χ2v) is 6.37. The van der Waals surface area contributed by atoms with Gasteiger partial charge in [0.15, 0.2) is 0 Å². The number of nitrogens with one attached hydrogen (secondary N) is 3. The maximum Gasteiger partial charge on any atom is 0.416 e. The first-order valence-electron chi connectivity index (χ1n) is 8.44. The minimum Gasteiger partial charge on any atom is -0.308 e. The average Bonchev–Trinajstić information content (AvgIpc) is 2.62. The van der Waals surface area contributed by atoms with Crippen molar-refractivity contribution in [3.05, 3.63) is 59.7 Å². The van der Waals surface area contributed by atoms with Gasteiger partial charge >= 0.3 is 12.2 Å². The normalized spacial score (nSPS) is 16.8. The van der Waals surface area contributed by atoms with Crippen LogP contribution >= 0.6 is 0 Å². The molecule has 0 unspecified atom stereocenters. The largest absolute Gasteiger partial charge is 0.416 e. The van der Waals surface area contributed by atoms with Crippen molar-refractivity contribution in [1.82, 2.24) is 5.43 Å². The number of nitrogens with zero attached hydrogens (tertiary/aromatic N) is 1. The van der Waals surface area contributed by atoms with Crippen LogP contribution in [0.3, 0.4) is 0 Å². The number of halogens is 3. The zero-order valence-electron chi connectivity index (χ0n) is 14.8. The van der Waals surface area contributed by atoms with E-state index in [1.807, 2.05) is 6.92 Å². The topological polar surface area (TPSA) is 82.6 Å². The van der Waals surface area contributed by atoms with E-state index in [-0.39, 0.29) is 17.5 Å². The van der Waals surface area contributed by atoms with Gasteiger partial charge in [-0.3, -0.25) is 4.79 Å². The summed E-state index contributed by atoms with van der Waals surface area (Å²) in [6, 6.07) is 10.5.